The van der Waals surface area contributed by atoms with Crippen LogP contribution in [0.15, 0.2) is 47.8 Å². The lowest BCUT2D eigenvalue weighted by molar-refractivity contribution is -0.135. The number of allylic oxidation sites excluding steroid dienone is 3. The van der Waals surface area contributed by atoms with Crippen LogP contribution < -0.4 is 5.32 Å². The Hall–Kier alpha value is -2.50. The van der Waals surface area contributed by atoms with E-state index in [-0.39, 0.29) is 41.7 Å². The molecule has 2 fully saturated rings. The van der Waals surface area contributed by atoms with E-state index in [1.807, 2.05) is 18.7 Å². The first-order valence-electron chi connectivity index (χ1n) is 8.55. The highest BCUT2D eigenvalue weighted by Crippen LogP contribution is 2.52. The fourth-order valence-electron chi connectivity index (χ4n) is 3.67. The molecule has 25 heavy (non-hydrogen) atoms. The van der Waals surface area contributed by atoms with Gasteiger partial charge in [-0.25, -0.2) is 4.39 Å². The minimum Gasteiger partial charge on any atom is -0.320 e. The maximum atomic E-state index is 14.7. The molecule has 1 atom stereocenters. The van der Waals surface area contributed by atoms with E-state index in [9.17, 15) is 14.0 Å². The lowest BCUT2D eigenvalue weighted by Crippen LogP contribution is -2.32. The minimum absolute atomic E-state index is 0.0563. The van der Waals surface area contributed by atoms with E-state index < -0.39 is 5.41 Å². The predicted molar refractivity (Wildman–Crippen MR) is 89.7 cm³/mol. The van der Waals surface area contributed by atoms with Crippen LogP contribution in [0.3, 0.4) is 0 Å². The Kier molecular flexibility index (Phi) is 3.52. The van der Waals surface area contributed by atoms with Gasteiger partial charge in [0.15, 0.2) is 0 Å². The Balaban J connectivity index is 1.64. The van der Waals surface area contributed by atoms with Gasteiger partial charge in [-0.05, 0) is 31.1 Å². The van der Waals surface area contributed by atoms with Gasteiger partial charge >= 0.3 is 0 Å². The summed E-state index contributed by atoms with van der Waals surface area (Å²) in [4.78, 5) is 30.8. The number of likely N-dealkylation sites (tertiary alicyclic amines) is 1. The molecule has 1 N–H and O–H groups in total. The molecule has 5 nitrogen and oxygen atoms in total. The quantitative estimate of drug-likeness (QED) is 0.919. The van der Waals surface area contributed by atoms with Crippen molar-refractivity contribution in [3.8, 4) is 0 Å². The van der Waals surface area contributed by atoms with Gasteiger partial charge in [0.25, 0.3) is 5.91 Å². The van der Waals surface area contributed by atoms with Gasteiger partial charge in [-0.2, -0.15) is 0 Å². The van der Waals surface area contributed by atoms with Gasteiger partial charge in [-0.1, -0.05) is 13.8 Å². The fourth-order valence-corrected chi connectivity index (χ4v) is 3.67. The Morgan fingerprint density at radius 1 is 1.32 bits per heavy atom. The number of fused-ring (bicyclic) bond motifs is 1. The third kappa shape index (κ3) is 2.56. The molecule has 130 valence electrons. The van der Waals surface area contributed by atoms with Gasteiger partial charge in [-0.15, -0.1) is 0 Å². The zero-order valence-electron chi connectivity index (χ0n) is 14.3. The highest BCUT2D eigenvalue weighted by molar-refractivity contribution is 5.95. The van der Waals surface area contributed by atoms with E-state index in [1.54, 1.807) is 18.2 Å². The molecule has 1 aromatic rings. The topological polar surface area (TPSA) is 62.3 Å². The van der Waals surface area contributed by atoms with Crippen molar-refractivity contribution in [2.24, 2.45) is 11.3 Å². The van der Waals surface area contributed by atoms with Gasteiger partial charge in [0.05, 0.1) is 11.1 Å². The number of aromatic nitrogens is 1. The van der Waals surface area contributed by atoms with Crippen LogP contribution in [0.25, 0.3) is 0 Å². The number of halogens is 1. The van der Waals surface area contributed by atoms with Crippen LogP contribution in [-0.2, 0) is 4.79 Å². The molecule has 2 aliphatic carbocycles. The molecule has 3 aliphatic rings. The molecule has 1 saturated carbocycles. The maximum Gasteiger partial charge on any atom is 0.255 e. The summed E-state index contributed by atoms with van der Waals surface area (Å²) in [5.74, 6) is -0.887. The van der Waals surface area contributed by atoms with E-state index >= 15 is 0 Å². The molecule has 4 rings (SSSR count). The monoisotopic (exact) mass is 341 g/mol. The summed E-state index contributed by atoms with van der Waals surface area (Å²) in [6, 6.07) is 3.37. The summed E-state index contributed by atoms with van der Waals surface area (Å²) < 4.78 is 14.7. The van der Waals surface area contributed by atoms with Crippen molar-refractivity contribution in [2.75, 3.05) is 0 Å². The van der Waals surface area contributed by atoms with Crippen LogP contribution in [0.4, 0.5) is 4.39 Å². The zero-order valence-corrected chi connectivity index (χ0v) is 14.3. The van der Waals surface area contributed by atoms with Crippen LogP contribution in [0.1, 0.15) is 43.5 Å². The number of pyridine rings is 1. The number of rotatable bonds is 3. The van der Waals surface area contributed by atoms with E-state index in [4.69, 9.17) is 0 Å². The first-order valence-corrected chi connectivity index (χ1v) is 8.55. The zero-order chi connectivity index (χ0) is 17.8. The molecule has 2 amide bonds. The molecule has 0 radical (unpaired) electrons. The van der Waals surface area contributed by atoms with Crippen molar-refractivity contribution in [1.29, 1.82) is 0 Å². The first kappa shape index (κ1) is 16.0. The number of carbonyl (C=O) groups excluding carboxylic acids is 2. The van der Waals surface area contributed by atoms with E-state index in [0.29, 0.717) is 5.56 Å². The second-order valence-corrected chi connectivity index (χ2v) is 7.46. The van der Waals surface area contributed by atoms with Crippen molar-refractivity contribution in [3.63, 3.8) is 0 Å². The van der Waals surface area contributed by atoms with Gasteiger partial charge in [0.2, 0.25) is 5.91 Å². The Morgan fingerprint density at radius 2 is 2.00 bits per heavy atom. The third-order valence-electron chi connectivity index (χ3n) is 5.35. The lowest BCUT2D eigenvalue weighted by atomic mass is 9.76. The molecule has 1 unspecified atom stereocenters. The summed E-state index contributed by atoms with van der Waals surface area (Å²) in [6.07, 6.45) is 6.78. The third-order valence-corrected chi connectivity index (χ3v) is 5.35. The molecule has 2 heterocycles. The lowest BCUT2D eigenvalue weighted by Gasteiger charge is -2.27. The Bertz CT molecular complexity index is 809. The summed E-state index contributed by atoms with van der Waals surface area (Å²) in [5.41, 5.74) is 0.790. The highest BCUT2D eigenvalue weighted by atomic mass is 19.1. The summed E-state index contributed by atoms with van der Waals surface area (Å²) >= 11 is 0. The largest absolute Gasteiger partial charge is 0.320 e. The summed E-state index contributed by atoms with van der Waals surface area (Å²) in [6.45, 7) is 3.76. The SMILES string of the molecule is CC1(C)C(=O)N(C2CC2)C2=CC(NC(=O)c3ccncc3)=C(F)CC21. The van der Waals surface area contributed by atoms with Gasteiger partial charge < -0.3 is 10.2 Å². The molecule has 1 saturated heterocycles. The van der Waals surface area contributed by atoms with Crippen LogP contribution in [0.2, 0.25) is 0 Å². The van der Waals surface area contributed by atoms with E-state index in [2.05, 4.69) is 10.3 Å². The molecular weight excluding hydrogens is 321 g/mol. The number of amides is 2. The van der Waals surface area contributed by atoms with Crippen molar-refractivity contribution in [1.82, 2.24) is 15.2 Å². The predicted octanol–water partition coefficient (Wildman–Crippen LogP) is 2.93. The summed E-state index contributed by atoms with van der Waals surface area (Å²) in [5, 5.41) is 2.64. The molecule has 0 spiro atoms. The Morgan fingerprint density at radius 3 is 2.64 bits per heavy atom. The van der Waals surface area contributed by atoms with Crippen molar-refractivity contribution in [2.45, 2.75) is 39.2 Å². The molecule has 0 bridgehead atoms. The first-order chi connectivity index (χ1) is 11.9. The maximum absolute atomic E-state index is 14.7. The second-order valence-electron chi connectivity index (χ2n) is 7.46. The van der Waals surface area contributed by atoms with Crippen molar-refractivity contribution >= 4 is 11.8 Å². The summed E-state index contributed by atoms with van der Waals surface area (Å²) in [7, 11) is 0. The normalized spacial score (nSPS) is 24.9. The number of carbonyl (C=O) groups is 2. The van der Waals surface area contributed by atoms with Crippen molar-refractivity contribution in [3.05, 3.63) is 53.4 Å². The molecule has 6 heteroatoms. The number of nitrogens with one attached hydrogen (secondary N) is 1. The van der Waals surface area contributed by atoms with Gasteiger partial charge in [0, 0.05) is 42.0 Å². The van der Waals surface area contributed by atoms with E-state index in [0.717, 1.165) is 18.5 Å². The number of nitrogens with zero attached hydrogens (tertiary/aromatic N) is 2. The molecular formula is C19H20FN3O2. The fraction of sp³-hybridized carbons (Fsp3) is 0.421. The second kappa shape index (κ2) is 5.51. The highest BCUT2D eigenvalue weighted by Gasteiger charge is 2.55. The molecule has 0 aromatic carbocycles. The number of hydrogen-bond acceptors (Lipinski definition) is 3. The Labute approximate surface area is 145 Å². The van der Waals surface area contributed by atoms with Crippen LogP contribution >= 0.6 is 0 Å². The van der Waals surface area contributed by atoms with Gasteiger partial charge in [-0.3, -0.25) is 14.6 Å². The van der Waals surface area contributed by atoms with Crippen LogP contribution in [0.5, 0.6) is 0 Å². The van der Waals surface area contributed by atoms with Crippen LogP contribution in [0, 0.1) is 11.3 Å². The van der Waals surface area contributed by atoms with Crippen molar-refractivity contribution < 1.29 is 14.0 Å². The minimum atomic E-state index is -0.619. The standard InChI is InChI=1S/C19H20FN3O2/c1-19(2)13-9-14(20)15(22-17(24)11-5-7-21-8-6-11)10-16(13)23(18(19)25)12-3-4-12/h5-8,10,12-13H,3-4,9H2,1-2H3,(H,22,24). The average molecular weight is 341 g/mol. The van der Waals surface area contributed by atoms with E-state index in [1.165, 1.54) is 12.4 Å². The molecule has 1 aromatic heterocycles. The molecule has 1 aliphatic heterocycles. The smallest absolute Gasteiger partial charge is 0.255 e. The number of hydrogen-bond donors (Lipinski definition) is 1. The van der Waals surface area contributed by atoms with Crippen LogP contribution in [-0.4, -0.2) is 27.7 Å². The van der Waals surface area contributed by atoms with Gasteiger partial charge in [0.1, 0.15) is 5.83 Å². The average Bonchev–Trinajstić information content (AvgIpc) is 3.40.